The fourth-order valence-corrected chi connectivity index (χ4v) is 1.12. The first-order valence-electron chi connectivity index (χ1n) is 4.62. The zero-order chi connectivity index (χ0) is 12.9. The number of carbonyl (C=O) groups is 1. The number of hydrogen-bond donors (Lipinski definition) is 0. The highest BCUT2D eigenvalue weighted by molar-refractivity contribution is 5.71. The number of alkyl halides is 3. The monoisotopic (exact) mass is 243 g/mol. The van der Waals surface area contributed by atoms with E-state index in [0.29, 0.717) is 0 Å². The molecule has 1 aromatic rings. The molecule has 0 saturated heterocycles. The van der Waals surface area contributed by atoms with Gasteiger partial charge in [0.1, 0.15) is 13.0 Å². The lowest BCUT2D eigenvalue weighted by molar-refractivity contribution is -0.143. The zero-order valence-corrected chi connectivity index (χ0v) is 8.62. The zero-order valence-electron chi connectivity index (χ0n) is 8.62. The largest absolute Gasteiger partial charge is 0.460 e. The van der Waals surface area contributed by atoms with Gasteiger partial charge in [-0.25, -0.2) is 0 Å². The van der Waals surface area contributed by atoms with Crippen LogP contribution in [-0.2, 0) is 22.3 Å². The maximum Gasteiger partial charge on any atom is 0.416 e. The van der Waals surface area contributed by atoms with E-state index in [2.05, 4.69) is 4.74 Å². The van der Waals surface area contributed by atoms with Crippen LogP contribution in [0.2, 0.25) is 0 Å². The molecule has 0 aliphatic carbocycles. The summed E-state index contributed by atoms with van der Waals surface area (Å²) in [4.78, 5) is 10.8. The second kappa shape index (κ2) is 5.34. The molecule has 0 aliphatic heterocycles. The van der Waals surface area contributed by atoms with Crippen molar-refractivity contribution >= 4 is 5.97 Å². The Bertz CT molecular complexity index is 449. The van der Waals surface area contributed by atoms with Crippen molar-refractivity contribution < 1.29 is 22.7 Å². The predicted octanol–water partition coefficient (Wildman–Crippen LogP) is 2.66. The maximum atomic E-state index is 12.3. The Labute approximate surface area is 95.4 Å². The molecule has 0 N–H and O–H groups in total. The molecule has 0 saturated carbocycles. The molecule has 0 aromatic heterocycles. The molecular weight excluding hydrogens is 235 g/mol. The Balaban J connectivity index is 2.67. The summed E-state index contributed by atoms with van der Waals surface area (Å²) in [5.41, 5.74) is -0.572. The van der Waals surface area contributed by atoms with Gasteiger partial charge in [-0.3, -0.25) is 4.79 Å². The van der Waals surface area contributed by atoms with E-state index in [1.54, 1.807) is 6.07 Å². The molecule has 0 bridgehead atoms. The third-order valence-electron chi connectivity index (χ3n) is 1.88. The van der Waals surface area contributed by atoms with Crippen molar-refractivity contribution in [2.75, 3.05) is 0 Å². The fourth-order valence-electron chi connectivity index (χ4n) is 1.12. The smallest absolute Gasteiger partial charge is 0.416 e. The maximum absolute atomic E-state index is 12.3. The highest BCUT2D eigenvalue weighted by Crippen LogP contribution is 2.29. The Hall–Kier alpha value is -2.03. The van der Waals surface area contributed by atoms with Gasteiger partial charge in [0.05, 0.1) is 11.6 Å². The Morgan fingerprint density at radius 2 is 2.12 bits per heavy atom. The fraction of sp³-hybridized carbons (Fsp3) is 0.273. The van der Waals surface area contributed by atoms with Gasteiger partial charge >= 0.3 is 12.1 Å². The third kappa shape index (κ3) is 4.15. The summed E-state index contributed by atoms with van der Waals surface area (Å²) < 4.78 is 41.6. The van der Waals surface area contributed by atoms with Crippen molar-refractivity contribution in [1.29, 1.82) is 5.26 Å². The summed E-state index contributed by atoms with van der Waals surface area (Å²) in [6.45, 7) is -0.273. The van der Waals surface area contributed by atoms with E-state index < -0.39 is 24.1 Å². The molecule has 3 nitrogen and oxygen atoms in total. The lowest BCUT2D eigenvalue weighted by Gasteiger charge is -2.08. The first-order chi connectivity index (χ1) is 7.93. The summed E-state index contributed by atoms with van der Waals surface area (Å²) in [7, 11) is 0. The first-order valence-corrected chi connectivity index (χ1v) is 4.62. The van der Waals surface area contributed by atoms with Crippen molar-refractivity contribution in [2.24, 2.45) is 0 Å². The molecular formula is C11H8F3NO2. The van der Waals surface area contributed by atoms with E-state index in [1.165, 1.54) is 12.1 Å². The molecule has 6 heteroatoms. The molecule has 0 radical (unpaired) electrons. The van der Waals surface area contributed by atoms with E-state index in [0.717, 1.165) is 12.1 Å². The summed E-state index contributed by atoms with van der Waals surface area (Å²) in [6.07, 6.45) is -4.84. The summed E-state index contributed by atoms with van der Waals surface area (Å²) in [5, 5.41) is 8.19. The van der Waals surface area contributed by atoms with Gasteiger partial charge in [-0.05, 0) is 17.7 Å². The number of nitriles is 1. The topological polar surface area (TPSA) is 50.1 Å². The summed E-state index contributed by atoms with van der Waals surface area (Å²) in [5.74, 6) is -0.759. The van der Waals surface area contributed by atoms with Crippen LogP contribution in [0.15, 0.2) is 24.3 Å². The first kappa shape index (κ1) is 13.0. The van der Waals surface area contributed by atoms with Crippen LogP contribution in [0.4, 0.5) is 13.2 Å². The van der Waals surface area contributed by atoms with Crippen molar-refractivity contribution in [2.45, 2.75) is 19.2 Å². The number of ether oxygens (including phenoxy) is 1. The van der Waals surface area contributed by atoms with Crippen molar-refractivity contribution in [1.82, 2.24) is 0 Å². The minimum absolute atomic E-state index is 0.228. The Morgan fingerprint density at radius 1 is 1.41 bits per heavy atom. The number of esters is 1. The van der Waals surface area contributed by atoms with Crippen LogP contribution < -0.4 is 0 Å². The lowest BCUT2D eigenvalue weighted by atomic mass is 10.1. The van der Waals surface area contributed by atoms with E-state index in [-0.39, 0.29) is 12.2 Å². The number of halogens is 3. The average molecular weight is 243 g/mol. The molecule has 0 fully saturated rings. The Kier molecular flexibility index (Phi) is 4.10. The quantitative estimate of drug-likeness (QED) is 0.767. The third-order valence-corrected chi connectivity index (χ3v) is 1.88. The standard InChI is InChI=1S/C11H8F3NO2/c12-11(13,14)9-3-1-2-8(6-9)7-17-10(16)4-5-15/h1-3,6H,4,7H2. The normalized spacial score (nSPS) is 10.7. The number of benzene rings is 1. The molecule has 0 spiro atoms. The molecule has 17 heavy (non-hydrogen) atoms. The molecule has 0 amide bonds. The molecule has 0 unspecified atom stereocenters. The Morgan fingerprint density at radius 3 is 2.71 bits per heavy atom. The van der Waals surface area contributed by atoms with E-state index >= 15 is 0 Å². The van der Waals surface area contributed by atoms with Crippen LogP contribution >= 0.6 is 0 Å². The molecule has 1 rings (SSSR count). The highest BCUT2D eigenvalue weighted by Gasteiger charge is 2.30. The SMILES string of the molecule is N#CCC(=O)OCc1cccc(C(F)(F)F)c1. The minimum Gasteiger partial charge on any atom is -0.460 e. The number of hydrogen-bond acceptors (Lipinski definition) is 3. The van der Waals surface area contributed by atoms with Gasteiger partial charge in [-0.1, -0.05) is 12.1 Å². The van der Waals surface area contributed by atoms with Crippen LogP contribution in [0, 0.1) is 11.3 Å². The van der Waals surface area contributed by atoms with Crippen molar-refractivity contribution in [3.63, 3.8) is 0 Å². The van der Waals surface area contributed by atoms with Crippen LogP contribution in [0.25, 0.3) is 0 Å². The van der Waals surface area contributed by atoms with Crippen LogP contribution in [0.3, 0.4) is 0 Å². The van der Waals surface area contributed by atoms with Crippen LogP contribution in [-0.4, -0.2) is 5.97 Å². The van der Waals surface area contributed by atoms with Crippen molar-refractivity contribution in [3.05, 3.63) is 35.4 Å². The number of nitrogens with zero attached hydrogens (tertiary/aromatic N) is 1. The summed E-state index contributed by atoms with van der Waals surface area (Å²) >= 11 is 0. The summed E-state index contributed by atoms with van der Waals surface area (Å²) in [6, 6.07) is 6.06. The number of carbonyl (C=O) groups excluding carboxylic acids is 1. The van der Waals surface area contributed by atoms with Crippen molar-refractivity contribution in [3.8, 4) is 6.07 Å². The van der Waals surface area contributed by atoms with E-state index in [4.69, 9.17) is 5.26 Å². The molecule has 90 valence electrons. The van der Waals surface area contributed by atoms with E-state index in [9.17, 15) is 18.0 Å². The predicted molar refractivity (Wildman–Crippen MR) is 51.5 cm³/mol. The number of rotatable bonds is 3. The van der Waals surface area contributed by atoms with Gasteiger partial charge < -0.3 is 4.74 Å². The second-order valence-corrected chi connectivity index (χ2v) is 3.19. The van der Waals surface area contributed by atoms with Crippen LogP contribution in [0.1, 0.15) is 17.5 Å². The van der Waals surface area contributed by atoms with Crippen LogP contribution in [0.5, 0.6) is 0 Å². The lowest BCUT2D eigenvalue weighted by Crippen LogP contribution is -2.07. The van der Waals surface area contributed by atoms with Gasteiger partial charge in [0, 0.05) is 0 Å². The molecule has 0 atom stereocenters. The average Bonchev–Trinajstić information content (AvgIpc) is 2.26. The van der Waals surface area contributed by atoms with Gasteiger partial charge in [0.2, 0.25) is 0 Å². The minimum atomic E-state index is -4.42. The molecule has 0 aliphatic rings. The second-order valence-electron chi connectivity index (χ2n) is 3.19. The highest BCUT2D eigenvalue weighted by atomic mass is 19.4. The molecule has 0 heterocycles. The van der Waals surface area contributed by atoms with Gasteiger partial charge in [-0.15, -0.1) is 0 Å². The van der Waals surface area contributed by atoms with Gasteiger partial charge in [0.15, 0.2) is 0 Å². The molecule has 1 aromatic carbocycles. The van der Waals surface area contributed by atoms with Gasteiger partial charge in [-0.2, -0.15) is 18.4 Å². The van der Waals surface area contributed by atoms with E-state index in [1.807, 2.05) is 0 Å². The van der Waals surface area contributed by atoms with Gasteiger partial charge in [0.25, 0.3) is 0 Å².